The predicted octanol–water partition coefficient (Wildman–Crippen LogP) is 4.39. The van der Waals surface area contributed by atoms with Gasteiger partial charge in [0.1, 0.15) is 0 Å². The first-order valence-corrected chi connectivity index (χ1v) is 9.53. The van der Waals surface area contributed by atoms with Gasteiger partial charge >= 0.3 is 0 Å². The maximum atomic E-state index is 13.1. The minimum atomic E-state index is -0.182. The summed E-state index contributed by atoms with van der Waals surface area (Å²) >= 11 is 0. The second-order valence-corrected chi connectivity index (χ2v) is 7.23. The predicted molar refractivity (Wildman–Crippen MR) is 115 cm³/mol. The molecule has 0 saturated carbocycles. The molecule has 0 radical (unpaired) electrons. The molecule has 0 saturated heterocycles. The van der Waals surface area contributed by atoms with Gasteiger partial charge in [0.15, 0.2) is 5.69 Å². The average molecular weight is 372 g/mol. The number of amides is 1. The Morgan fingerprint density at radius 3 is 2.50 bits per heavy atom. The van der Waals surface area contributed by atoms with Crippen molar-refractivity contribution in [2.75, 3.05) is 26.0 Å². The summed E-state index contributed by atoms with van der Waals surface area (Å²) in [4.78, 5) is 15.2. The molecule has 1 N–H and O–H groups in total. The number of para-hydroxylation sites is 1. The second kappa shape index (κ2) is 7.82. The Balaban J connectivity index is 1.65. The lowest BCUT2D eigenvalue weighted by molar-refractivity contribution is 0.102. The molecule has 0 aliphatic heterocycles. The lowest BCUT2D eigenvalue weighted by Gasteiger charge is -2.09. The van der Waals surface area contributed by atoms with Crippen LogP contribution in [0, 0.1) is 0 Å². The molecule has 5 nitrogen and oxygen atoms in total. The molecule has 5 heteroatoms. The third-order valence-corrected chi connectivity index (χ3v) is 4.89. The molecule has 1 heterocycles. The average Bonchev–Trinajstić information content (AvgIpc) is 3.07. The van der Waals surface area contributed by atoms with E-state index in [2.05, 4.69) is 29.4 Å². The van der Waals surface area contributed by atoms with Gasteiger partial charge in [0, 0.05) is 23.0 Å². The van der Waals surface area contributed by atoms with Crippen molar-refractivity contribution in [2.24, 2.45) is 0 Å². The van der Waals surface area contributed by atoms with Crippen LogP contribution < -0.4 is 5.32 Å². The Labute approximate surface area is 164 Å². The summed E-state index contributed by atoms with van der Waals surface area (Å²) in [5.74, 6) is -0.182. The highest BCUT2D eigenvalue weighted by Gasteiger charge is 2.17. The van der Waals surface area contributed by atoms with Crippen LogP contribution in [0.15, 0.2) is 66.7 Å². The summed E-state index contributed by atoms with van der Waals surface area (Å²) in [6, 6.07) is 21.9. The number of aromatic nitrogens is 2. The Hall–Kier alpha value is -3.18. The van der Waals surface area contributed by atoms with E-state index in [9.17, 15) is 4.79 Å². The van der Waals surface area contributed by atoms with Crippen molar-refractivity contribution in [2.45, 2.75) is 13.0 Å². The van der Waals surface area contributed by atoms with Gasteiger partial charge in [0.25, 0.3) is 5.91 Å². The normalized spacial score (nSPS) is 11.4. The summed E-state index contributed by atoms with van der Waals surface area (Å²) in [7, 11) is 4.12. The van der Waals surface area contributed by atoms with E-state index >= 15 is 0 Å². The molecule has 0 bridgehead atoms. The van der Waals surface area contributed by atoms with E-state index in [4.69, 9.17) is 0 Å². The standard InChI is InChI=1S/C23H24N4O/c1-26(2)15-8-16-27-21-14-6-5-12-19(21)22(25-27)23(28)24-20-13-7-10-17-9-3-4-11-18(17)20/h3-7,9-14H,8,15-16H2,1-2H3,(H,24,28). The van der Waals surface area contributed by atoms with E-state index in [-0.39, 0.29) is 5.91 Å². The van der Waals surface area contributed by atoms with E-state index in [1.807, 2.05) is 71.4 Å². The number of hydrogen-bond donors (Lipinski definition) is 1. The van der Waals surface area contributed by atoms with Gasteiger partial charge in [-0.3, -0.25) is 9.48 Å². The van der Waals surface area contributed by atoms with Gasteiger partial charge in [-0.05, 0) is 44.6 Å². The van der Waals surface area contributed by atoms with Gasteiger partial charge in [-0.2, -0.15) is 5.10 Å². The largest absolute Gasteiger partial charge is 0.320 e. The molecule has 0 atom stereocenters. The minimum Gasteiger partial charge on any atom is -0.320 e. The topological polar surface area (TPSA) is 50.2 Å². The molecule has 1 amide bonds. The van der Waals surface area contributed by atoms with Crippen molar-refractivity contribution < 1.29 is 4.79 Å². The monoisotopic (exact) mass is 372 g/mol. The summed E-state index contributed by atoms with van der Waals surface area (Å²) < 4.78 is 1.94. The quantitative estimate of drug-likeness (QED) is 0.546. The highest BCUT2D eigenvalue weighted by Crippen LogP contribution is 2.25. The van der Waals surface area contributed by atoms with Crippen molar-refractivity contribution in [3.05, 3.63) is 72.4 Å². The number of aryl methyl sites for hydroxylation is 1. The number of nitrogens with zero attached hydrogens (tertiary/aromatic N) is 3. The first-order chi connectivity index (χ1) is 13.6. The third-order valence-electron chi connectivity index (χ3n) is 4.89. The fourth-order valence-corrected chi connectivity index (χ4v) is 3.52. The summed E-state index contributed by atoms with van der Waals surface area (Å²) in [6.07, 6.45) is 0.975. The maximum Gasteiger partial charge on any atom is 0.276 e. The molecule has 142 valence electrons. The van der Waals surface area contributed by atoms with Crippen molar-refractivity contribution in [1.29, 1.82) is 0 Å². The number of carbonyl (C=O) groups is 1. The van der Waals surface area contributed by atoms with Crippen molar-refractivity contribution in [3.8, 4) is 0 Å². The fraction of sp³-hybridized carbons (Fsp3) is 0.217. The van der Waals surface area contributed by atoms with Gasteiger partial charge in [0.2, 0.25) is 0 Å². The van der Waals surface area contributed by atoms with Crippen molar-refractivity contribution >= 4 is 33.3 Å². The van der Waals surface area contributed by atoms with Crippen LogP contribution in [0.25, 0.3) is 21.7 Å². The van der Waals surface area contributed by atoms with Crippen LogP contribution >= 0.6 is 0 Å². The number of rotatable bonds is 6. The van der Waals surface area contributed by atoms with E-state index in [1.165, 1.54) is 0 Å². The smallest absolute Gasteiger partial charge is 0.276 e. The number of hydrogen-bond acceptors (Lipinski definition) is 3. The van der Waals surface area contributed by atoms with Crippen LogP contribution in [-0.2, 0) is 6.54 Å². The Bertz CT molecular complexity index is 1120. The van der Waals surface area contributed by atoms with E-state index < -0.39 is 0 Å². The number of fused-ring (bicyclic) bond motifs is 2. The van der Waals surface area contributed by atoms with Gasteiger partial charge in [-0.1, -0.05) is 54.6 Å². The molecule has 0 aliphatic rings. The SMILES string of the molecule is CN(C)CCCn1nc(C(=O)Nc2cccc3ccccc23)c2ccccc21. The van der Waals surface area contributed by atoms with E-state index in [0.717, 1.165) is 46.9 Å². The number of benzene rings is 3. The Kier molecular flexibility index (Phi) is 5.08. The lowest BCUT2D eigenvalue weighted by atomic mass is 10.1. The van der Waals surface area contributed by atoms with Gasteiger partial charge in [-0.25, -0.2) is 0 Å². The van der Waals surface area contributed by atoms with E-state index in [1.54, 1.807) is 0 Å². The summed E-state index contributed by atoms with van der Waals surface area (Å²) in [6.45, 7) is 1.76. The lowest BCUT2D eigenvalue weighted by Crippen LogP contribution is -2.16. The summed E-state index contributed by atoms with van der Waals surface area (Å²) in [5, 5.41) is 10.7. The molecule has 0 aliphatic carbocycles. The van der Waals surface area contributed by atoms with Gasteiger partial charge in [0.05, 0.1) is 5.52 Å². The highest BCUT2D eigenvalue weighted by molar-refractivity contribution is 6.13. The first kappa shape index (κ1) is 18.2. The van der Waals surface area contributed by atoms with Crippen LogP contribution in [-0.4, -0.2) is 41.2 Å². The molecule has 0 fully saturated rings. The van der Waals surface area contributed by atoms with E-state index in [0.29, 0.717) is 5.69 Å². The Morgan fingerprint density at radius 2 is 1.68 bits per heavy atom. The molecule has 28 heavy (non-hydrogen) atoms. The van der Waals surface area contributed by atoms with Crippen LogP contribution in [0.2, 0.25) is 0 Å². The van der Waals surface area contributed by atoms with Crippen LogP contribution in [0.3, 0.4) is 0 Å². The summed E-state index contributed by atoms with van der Waals surface area (Å²) in [5.41, 5.74) is 2.26. The van der Waals surface area contributed by atoms with Gasteiger partial charge < -0.3 is 10.2 Å². The fourth-order valence-electron chi connectivity index (χ4n) is 3.52. The maximum absolute atomic E-state index is 13.1. The highest BCUT2D eigenvalue weighted by atomic mass is 16.2. The number of nitrogens with one attached hydrogen (secondary N) is 1. The molecule has 4 aromatic rings. The zero-order valence-electron chi connectivity index (χ0n) is 16.2. The zero-order chi connectivity index (χ0) is 19.5. The minimum absolute atomic E-state index is 0.182. The second-order valence-electron chi connectivity index (χ2n) is 7.23. The molecule has 0 unspecified atom stereocenters. The molecular formula is C23H24N4O. The zero-order valence-corrected chi connectivity index (χ0v) is 16.2. The molecular weight excluding hydrogens is 348 g/mol. The van der Waals surface area contributed by atoms with Crippen LogP contribution in [0.1, 0.15) is 16.9 Å². The number of carbonyl (C=O) groups excluding carboxylic acids is 1. The third kappa shape index (κ3) is 3.62. The van der Waals surface area contributed by atoms with Crippen molar-refractivity contribution in [3.63, 3.8) is 0 Å². The van der Waals surface area contributed by atoms with Crippen LogP contribution in [0.5, 0.6) is 0 Å². The molecule has 0 spiro atoms. The van der Waals surface area contributed by atoms with Gasteiger partial charge in [-0.15, -0.1) is 0 Å². The molecule has 4 rings (SSSR count). The molecule has 1 aromatic heterocycles. The first-order valence-electron chi connectivity index (χ1n) is 9.53. The van der Waals surface area contributed by atoms with Crippen LogP contribution in [0.4, 0.5) is 5.69 Å². The van der Waals surface area contributed by atoms with Crippen molar-refractivity contribution in [1.82, 2.24) is 14.7 Å². The number of anilines is 1. The molecule has 3 aromatic carbocycles. The Morgan fingerprint density at radius 1 is 0.964 bits per heavy atom.